The average molecular weight is 468 g/mol. The molecular formula is C24H25N3O5S. The molecule has 0 fully saturated rings. The second-order valence-corrected chi connectivity index (χ2v) is 10.2. The van der Waals surface area contributed by atoms with Gasteiger partial charge in [-0.3, -0.25) is 4.79 Å². The molecular weight excluding hydrogens is 442 g/mol. The molecule has 2 aliphatic rings. The van der Waals surface area contributed by atoms with E-state index >= 15 is 0 Å². The highest BCUT2D eigenvalue weighted by Crippen LogP contribution is 2.33. The lowest BCUT2D eigenvalue weighted by Gasteiger charge is -2.28. The van der Waals surface area contributed by atoms with Crippen LogP contribution in [-0.4, -0.2) is 68.4 Å². The number of fused-ring (bicyclic) bond motifs is 2. The lowest BCUT2D eigenvalue weighted by molar-refractivity contribution is -0.130. The normalized spacial score (nSPS) is 16.2. The highest BCUT2D eigenvalue weighted by Gasteiger charge is 2.28. The molecule has 0 radical (unpaired) electrons. The third-order valence-electron chi connectivity index (χ3n) is 6.08. The summed E-state index contributed by atoms with van der Waals surface area (Å²) in [6.07, 6.45) is 4.76. The summed E-state index contributed by atoms with van der Waals surface area (Å²) in [5.74, 6) is 0.686. The minimum atomic E-state index is -3.85. The van der Waals surface area contributed by atoms with Crippen LogP contribution in [0.15, 0.2) is 59.6 Å². The van der Waals surface area contributed by atoms with E-state index < -0.39 is 10.0 Å². The molecule has 3 aromatic rings. The first-order valence-electron chi connectivity index (χ1n) is 10.8. The van der Waals surface area contributed by atoms with Crippen LogP contribution in [0.3, 0.4) is 0 Å². The van der Waals surface area contributed by atoms with Crippen LogP contribution >= 0.6 is 0 Å². The van der Waals surface area contributed by atoms with Gasteiger partial charge in [0.25, 0.3) is 0 Å². The van der Waals surface area contributed by atoms with Crippen LogP contribution in [0.1, 0.15) is 12.0 Å². The van der Waals surface area contributed by atoms with Crippen LogP contribution in [0, 0.1) is 0 Å². The molecule has 8 nitrogen and oxygen atoms in total. The predicted octanol–water partition coefficient (Wildman–Crippen LogP) is 2.88. The number of nitrogens with one attached hydrogen (secondary N) is 1. The van der Waals surface area contributed by atoms with E-state index in [1.165, 1.54) is 24.8 Å². The number of amides is 1. The molecule has 1 aromatic heterocycles. The minimum Gasteiger partial charge on any atom is -0.486 e. The van der Waals surface area contributed by atoms with Crippen LogP contribution in [0.2, 0.25) is 0 Å². The van der Waals surface area contributed by atoms with Crippen LogP contribution in [0.4, 0.5) is 0 Å². The third kappa shape index (κ3) is 4.09. The van der Waals surface area contributed by atoms with Crippen molar-refractivity contribution in [3.05, 3.63) is 60.3 Å². The van der Waals surface area contributed by atoms with Crippen molar-refractivity contribution in [1.82, 2.24) is 14.2 Å². The molecule has 1 amide bonds. The van der Waals surface area contributed by atoms with Crippen LogP contribution < -0.4 is 9.47 Å². The van der Waals surface area contributed by atoms with Gasteiger partial charge in [0.2, 0.25) is 15.9 Å². The number of rotatable bonds is 5. The number of hydrogen-bond acceptors (Lipinski definition) is 5. The lowest BCUT2D eigenvalue weighted by Crippen LogP contribution is -2.42. The highest BCUT2D eigenvalue weighted by molar-refractivity contribution is 7.89. The zero-order valence-electron chi connectivity index (χ0n) is 18.3. The monoisotopic (exact) mass is 467 g/mol. The average Bonchev–Trinajstić information content (AvgIpc) is 3.28. The molecule has 0 bridgehead atoms. The summed E-state index contributed by atoms with van der Waals surface area (Å²) < 4.78 is 38.0. The maximum absolute atomic E-state index is 13.0. The fourth-order valence-electron chi connectivity index (χ4n) is 4.22. The zero-order valence-corrected chi connectivity index (χ0v) is 19.1. The zero-order chi connectivity index (χ0) is 23.0. The molecule has 0 unspecified atom stereocenters. The van der Waals surface area contributed by atoms with Gasteiger partial charge in [-0.15, -0.1) is 0 Å². The second-order valence-electron chi connectivity index (χ2n) is 8.13. The van der Waals surface area contributed by atoms with Gasteiger partial charge >= 0.3 is 0 Å². The van der Waals surface area contributed by atoms with Gasteiger partial charge < -0.3 is 19.4 Å². The van der Waals surface area contributed by atoms with Crippen molar-refractivity contribution in [2.45, 2.75) is 11.3 Å². The van der Waals surface area contributed by atoms with Gasteiger partial charge in [-0.05, 0) is 30.2 Å². The summed E-state index contributed by atoms with van der Waals surface area (Å²) in [6, 6.07) is 12.6. The summed E-state index contributed by atoms with van der Waals surface area (Å²) in [5.41, 5.74) is 3.42. The fourth-order valence-corrected chi connectivity index (χ4v) is 5.35. The SMILES string of the molecule is CN(CC(=O)N1CC=C(c2c[nH]c3ccccc23)CC1)S(=O)(=O)c1ccc2c(c1)OCCO2. The Labute approximate surface area is 192 Å². The second kappa shape index (κ2) is 8.57. The van der Waals surface area contributed by atoms with Gasteiger partial charge in [-0.2, -0.15) is 4.31 Å². The number of ether oxygens (including phenoxy) is 2. The largest absolute Gasteiger partial charge is 0.486 e. The Morgan fingerprint density at radius 3 is 2.70 bits per heavy atom. The standard InChI is InChI=1S/C24H25N3O5S/c1-26(33(29,30)18-6-7-22-23(14-18)32-13-12-31-22)16-24(28)27-10-8-17(9-11-27)20-15-25-21-5-3-2-4-19(20)21/h2-8,14-15,25H,9-13,16H2,1H3. The van der Waals surface area contributed by atoms with E-state index in [1.807, 2.05) is 30.5 Å². The highest BCUT2D eigenvalue weighted by atomic mass is 32.2. The molecule has 0 saturated carbocycles. The molecule has 3 heterocycles. The van der Waals surface area contributed by atoms with Gasteiger partial charge in [-0.1, -0.05) is 24.3 Å². The van der Waals surface area contributed by atoms with Crippen LogP contribution in [0.25, 0.3) is 16.5 Å². The van der Waals surface area contributed by atoms with E-state index in [-0.39, 0.29) is 17.3 Å². The number of likely N-dealkylation sites (N-methyl/N-ethyl adjacent to an activating group) is 1. The van der Waals surface area contributed by atoms with E-state index in [2.05, 4.69) is 11.1 Å². The van der Waals surface area contributed by atoms with Crippen molar-refractivity contribution in [3.8, 4) is 11.5 Å². The predicted molar refractivity (Wildman–Crippen MR) is 125 cm³/mol. The van der Waals surface area contributed by atoms with Crippen molar-refractivity contribution in [2.75, 3.05) is 39.9 Å². The van der Waals surface area contributed by atoms with E-state index in [1.54, 1.807) is 11.0 Å². The molecule has 0 spiro atoms. The Kier molecular flexibility index (Phi) is 5.59. The quantitative estimate of drug-likeness (QED) is 0.623. The summed E-state index contributed by atoms with van der Waals surface area (Å²) in [7, 11) is -2.43. The van der Waals surface area contributed by atoms with Crippen LogP contribution in [-0.2, 0) is 14.8 Å². The smallest absolute Gasteiger partial charge is 0.243 e. The Bertz CT molecular complexity index is 1350. The summed E-state index contributed by atoms with van der Waals surface area (Å²) in [5, 5.41) is 1.16. The number of hydrogen-bond donors (Lipinski definition) is 1. The number of aromatic nitrogens is 1. The number of sulfonamides is 1. The van der Waals surface area contributed by atoms with Gasteiger partial charge in [-0.25, -0.2) is 8.42 Å². The van der Waals surface area contributed by atoms with E-state index in [4.69, 9.17) is 9.47 Å². The van der Waals surface area contributed by atoms with Crippen LogP contribution in [0.5, 0.6) is 11.5 Å². The summed E-state index contributed by atoms with van der Waals surface area (Å²) in [4.78, 5) is 17.9. The molecule has 33 heavy (non-hydrogen) atoms. The Balaban J connectivity index is 1.26. The maximum atomic E-state index is 13.0. The van der Waals surface area contributed by atoms with E-state index in [0.29, 0.717) is 44.2 Å². The number of aromatic amines is 1. The third-order valence-corrected chi connectivity index (χ3v) is 7.88. The van der Waals surface area contributed by atoms with Gasteiger partial charge in [0, 0.05) is 48.9 Å². The fraction of sp³-hybridized carbons (Fsp3) is 0.292. The van der Waals surface area contributed by atoms with Gasteiger partial charge in [0.15, 0.2) is 11.5 Å². The first-order valence-corrected chi connectivity index (χ1v) is 12.3. The molecule has 172 valence electrons. The van der Waals surface area contributed by atoms with E-state index in [9.17, 15) is 13.2 Å². The molecule has 0 atom stereocenters. The lowest BCUT2D eigenvalue weighted by atomic mass is 9.99. The number of para-hydroxylation sites is 1. The Morgan fingerprint density at radius 1 is 1.12 bits per heavy atom. The molecule has 2 aliphatic heterocycles. The van der Waals surface area contributed by atoms with Crippen molar-refractivity contribution >= 4 is 32.4 Å². The maximum Gasteiger partial charge on any atom is 0.243 e. The summed E-state index contributed by atoms with van der Waals surface area (Å²) >= 11 is 0. The first-order chi connectivity index (χ1) is 15.9. The minimum absolute atomic E-state index is 0.0715. The Morgan fingerprint density at radius 2 is 1.91 bits per heavy atom. The van der Waals surface area contributed by atoms with Crippen molar-refractivity contribution in [3.63, 3.8) is 0 Å². The van der Waals surface area contributed by atoms with Crippen molar-refractivity contribution in [2.24, 2.45) is 0 Å². The molecule has 9 heteroatoms. The number of carbonyl (C=O) groups is 1. The van der Waals surface area contributed by atoms with Gasteiger partial charge in [0.1, 0.15) is 13.2 Å². The molecule has 0 saturated heterocycles. The van der Waals surface area contributed by atoms with Crippen molar-refractivity contribution < 1.29 is 22.7 Å². The number of carbonyl (C=O) groups excluding carboxylic acids is 1. The first kappa shape index (κ1) is 21.5. The van der Waals surface area contributed by atoms with Crippen molar-refractivity contribution in [1.29, 1.82) is 0 Å². The molecule has 5 rings (SSSR count). The molecule has 1 N–H and O–H groups in total. The topological polar surface area (TPSA) is 91.9 Å². The number of benzene rings is 2. The molecule has 0 aliphatic carbocycles. The number of nitrogens with zero attached hydrogens (tertiary/aromatic N) is 2. The molecule has 2 aromatic carbocycles. The van der Waals surface area contributed by atoms with E-state index in [0.717, 1.165) is 20.8 Å². The Hall–Kier alpha value is -3.30. The summed E-state index contributed by atoms with van der Waals surface area (Å²) in [6.45, 7) is 1.56. The van der Waals surface area contributed by atoms with Gasteiger partial charge in [0.05, 0.1) is 11.4 Å². The number of H-pyrrole nitrogens is 1.